The third-order valence-corrected chi connectivity index (χ3v) is 5.77. The van der Waals surface area contributed by atoms with Gasteiger partial charge in [0.05, 0.1) is 6.04 Å². The molecule has 0 radical (unpaired) electrons. The molecule has 4 heteroatoms. The number of hydrogen-bond acceptors (Lipinski definition) is 2. The van der Waals surface area contributed by atoms with Gasteiger partial charge in [-0.2, -0.15) is 0 Å². The minimum Gasteiger partial charge on any atom is -0.341 e. The fourth-order valence-electron chi connectivity index (χ4n) is 2.57. The molecule has 130 valence electrons. The molecule has 2 nitrogen and oxygen atoms in total. The van der Waals surface area contributed by atoms with Crippen LogP contribution in [0.4, 0.5) is 5.69 Å². The summed E-state index contributed by atoms with van der Waals surface area (Å²) in [6.07, 6.45) is 1.13. The first-order valence-electron chi connectivity index (χ1n) is 8.56. The second-order valence-electron chi connectivity index (χ2n) is 6.80. The highest BCUT2D eigenvalue weighted by atomic mass is 32.1. The number of anilines is 1. The number of benzene rings is 1. The van der Waals surface area contributed by atoms with E-state index in [4.69, 9.17) is 12.2 Å². The predicted octanol–water partition coefficient (Wildman–Crippen LogP) is 6.17. The topological polar surface area (TPSA) is 15.3 Å². The van der Waals surface area contributed by atoms with Gasteiger partial charge in [0.2, 0.25) is 0 Å². The summed E-state index contributed by atoms with van der Waals surface area (Å²) < 4.78 is 0. The Labute approximate surface area is 155 Å². The highest BCUT2D eigenvalue weighted by Crippen LogP contribution is 2.26. The second kappa shape index (κ2) is 8.63. The Balaban J connectivity index is 2.15. The number of nitrogens with one attached hydrogen (secondary N) is 1. The first-order chi connectivity index (χ1) is 11.4. The zero-order valence-corrected chi connectivity index (χ0v) is 16.9. The summed E-state index contributed by atoms with van der Waals surface area (Å²) in [5.41, 5.74) is 3.65. The SMILES string of the molecule is Cc1ccc(NC(=S)N(CCC(C)C)[C@H](C)c2cccs2)cc1C. The van der Waals surface area contributed by atoms with Gasteiger partial charge in [-0.1, -0.05) is 26.0 Å². The number of hydrogen-bond donors (Lipinski definition) is 1. The van der Waals surface area contributed by atoms with Gasteiger partial charge in [-0.15, -0.1) is 11.3 Å². The Bertz CT molecular complexity index is 662. The standard InChI is InChI=1S/C20H28N2S2/c1-14(2)10-11-22(17(5)19-7-6-12-24-19)20(23)21-18-9-8-15(3)16(4)13-18/h6-9,12-14,17H,10-11H2,1-5H3,(H,21,23)/t17-/m1/s1. The van der Waals surface area contributed by atoms with E-state index in [-0.39, 0.29) is 6.04 Å². The first kappa shape index (κ1) is 18.9. The number of thiocarbonyl (C=S) groups is 1. The van der Waals surface area contributed by atoms with Crippen LogP contribution in [-0.4, -0.2) is 16.6 Å². The van der Waals surface area contributed by atoms with E-state index in [2.05, 4.69) is 80.5 Å². The van der Waals surface area contributed by atoms with Crippen LogP contribution < -0.4 is 5.32 Å². The molecule has 1 aromatic heterocycles. The van der Waals surface area contributed by atoms with Crippen LogP contribution in [0, 0.1) is 19.8 Å². The molecule has 2 rings (SSSR count). The summed E-state index contributed by atoms with van der Waals surface area (Å²) in [7, 11) is 0. The van der Waals surface area contributed by atoms with Crippen LogP contribution in [0.2, 0.25) is 0 Å². The van der Waals surface area contributed by atoms with Crippen molar-refractivity contribution in [3.63, 3.8) is 0 Å². The van der Waals surface area contributed by atoms with Crippen molar-refractivity contribution < 1.29 is 0 Å². The maximum Gasteiger partial charge on any atom is 0.173 e. The molecule has 0 aliphatic heterocycles. The van der Waals surface area contributed by atoms with Crippen molar-refractivity contribution in [2.24, 2.45) is 5.92 Å². The second-order valence-corrected chi connectivity index (χ2v) is 8.16. The summed E-state index contributed by atoms with van der Waals surface area (Å²) in [5, 5.41) is 6.38. The van der Waals surface area contributed by atoms with Gasteiger partial charge < -0.3 is 10.2 Å². The number of thiophene rings is 1. The lowest BCUT2D eigenvalue weighted by molar-refractivity contribution is 0.322. The van der Waals surface area contributed by atoms with Gasteiger partial charge in [-0.3, -0.25) is 0 Å². The van der Waals surface area contributed by atoms with Crippen LogP contribution in [0.1, 0.15) is 49.2 Å². The molecular formula is C20H28N2S2. The summed E-state index contributed by atoms with van der Waals surface area (Å²) in [6, 6.07) is 11.0. The van der Waals surface area contributed by atoms with Crippen molar-refractivity contribution in [3.05, 3.63) is 51.7 Å². The van der Waals surface area contributed by atoms with Crippen molar-refractivity contribution in [1.29, 1.82) is 0 Å². The quantitative estimate of drug-likeness (QED) is 0.620. The lowest BCUT2D eigenvalue weighted by Gasteiger charge is -2.32. The highest BCUT2D eigenvalue weighted by Gasteiger charge is 2.20. The van der Waals surface area contributed by atoms with E-state index in [1.807, 2.05) is 0 Å². The lowest BCUT2D eigenvalue weighted by Crippen LogP contribution is -2.37. The average Bonchev–Trinajstić information content (AvgIpc) is 3.05. The minimum absolute atomic E-state index is 0.287. The zero-order chi connectivity index (χ0) is 17.7. The van der Waals surface area contributed by atoms with E-state index in [1.165, 1.54) is 16.0 Å². The molecule has 1 heterocycles. The average molecular weight is 361 g/mol. The summed E-state index contributed by atoms with van der Waals surface area (Å²) in [6.45, 7) is 12.0. The number of aryl methyl sites for hydroxylation is 2. The molecule has 0 spiro atoms. The van der Waals surface area contributed by atoms with Crippen molar-refractivity contribution >= 4 is 34.4 Å². The predicted molar refractivity (Wildman–Crippen MR) is 111 cm³/mol. The van der Waals surface area contributed by atoms with Crippen LogP contribution in [-0.2, 0) is 0 Å². The van der Waals surface area contributed by atoms with E-state index >= 15 is 0 Å². The van der Waals surface area contributed by atoms with E-state index in [1.54, 1.807) is 11.3 Å². The Hall–Kier alpha value is -1.39. The Morgan fingerprint density at radius 1 is 1.17 bits per heavy atom. The normalized spacial score (nSPS) is 12.2. The molecule has 0 amide bonds. The Morgan fingerprint density at radius 3 is 2.50 bits per heavy atom. The fraction of sp³-hybridized carbons (Fsp3) is 0.450. The molecule has 1 aromatic carbocycles. The summed E-state index contributed by atoms with van der Waals surface area (Å²) in [5.74, 6) is 0.660. The van der Waals surface area contributed by atoms with Crippen LogP contribution in [0.25, 0.3) is 0 Å². The molecule has 1 atom stereocenters. The lowest BCUT2D eigenvalue weighted by atomic mass is 10.1. The summed E-state index contributed by atoms with van der Waals surface area (Å²) in [4.78, 5) is 3.67. The molecule has 0 saturated heterocycles. The van der Waals surface area contributed by atoms with Gasteiger partial charge in [-0.05, 0) is 80.0 Å². The van der Waals surface area contributed by atoms with Crippen molar-refractivity contribution in [2.75, 3.05) is 11.9 Å². The Kier molecular flexibility index (Phi) is 6.81. The largest absolute Gasteiger partial charge is 0.341 e. The molecule has 0 fully saturated rings. The van der Waals surface area contributed by atoms with Gasteiger partial charge in [0, 0.05) is 17.1 Å². The van der Waals surface area contributed by atoms with Gasteiger partial charge in [-0.25, -0.2) is 0 Å². The van der Waals surface area contributed by atoms with E-state index in [9.17, 15) is 0 Å². The molecule has 0 bridgehead atoms. The maximum atomic E-state index is 5.76. The van der Waals surface area contributed by atoms with Crippen LogP contribution >= 0.6 is 23.6 Å². The minimum atomic E-state index is 0.287. The molecule has 0 unspecified atom stereocenters. The molecule has 0 aliphatic carbocycles. The first-order valence-corrected chi connectivity index (χ1v) is 9.85. The molecular weight excluding hydrogens is 332 g/mol. The highest BCUT2D eigenvalue weighted by molar-refractivity contribution is 7.80. The number of nitrogens with zero attached hydrogens (tertiary/aromatic N) is 1. The van der Waals surface area contributed by atoms with Gasteiger partial charge in [0.25, 0.3) is 0 Å². The maximum absolute atomic E-state index is 5.76. The van der Waals surface area contributed by atoms with Crippen LogP contribution in [0.5, 0.6) is 0 Å². The monoisotopic (exact) mass is 360 g/mol. The van der Waals surface area contributed by atoms with Crippen LogP contribution in [0.15, 0.2) is 35.7 Å². The molecule has 2 aromatic rings. The molecule has 1 N–H and O–H groups in total. The van der Waals surface area contributed by atoms with Crippen molar-refractivity contribution in [2.45, 2.75) is 47.1 Å². The molecule has 24 heavy (non-hydrogen) atoms. The van der Waals surface area contributed by atoms with Crippen molar-refractivity contribution in [1.82, 2.24) is 4.90 Å². The Morgan fingerprint density at radius 2 is 1.92 bits per heavy atom. The number of rotatable bonds is 6. The van der Waals surface area contributed by atoms with Gasteiger partial charge in [0.1, 0.15) is 0 Å². The van der Waals surface area contributed by atoms with Gasteiger partial charge >= 0.3 is 0 Å². The smallest absolute Gasteiger partial charge is 0.173 e. The van der Waals surface area contributed by atoms with Crippen molar-refractivity contribution in [3.8, 4) is 0 Å². The van der Waals surface area contributed by atoms with E-state index in [0.29, 0.717) is 5.92 Å². The molecule has 0 saturated carbocycles. The fourth-order valence-corrected chi connectivity index (χ4v) is 3.73. The van der Waals surface area contributed by atoms with E-state index in [0.717, 1.165) is 23.8 Å². The van der Waals surface area contributed by atoms with Gasteiger partial charge in [0.15, 0.2) is 5.11 Å². The molecule has 0 aliphatic rings. The summed E-state index contributed by atoms with van der Waals surface area (Å²) >= 11 is 7.55. The van der Waals surface area contributed by atoms with Crippen LogP contribution in [0.3, 0.4) is 0 Å². The third kappa shape index (κ3) is 5.05. The van der Waals surface area contributed by atoms with E-state index < -0.39 is 0 Å². The zero-order valence-electron chi connectivity index (χ0n) is 15.3. The third-order valence-electron chi connectivity index (χ3n) is 4.39.